The van der Waals surface area contributed by atoms with Crippen LogP contribution in [-0.4, -0.2) is 41.3 Å². The zero-order valence-electron chi connectivity index (χ0n) is 15.0. The summed E-state index contributed by atoms with van der Waals surface area (Å²) in [4.78, 5) is 15.0. The first-order chi connectivity index (χ1) is 13.2. The Kier molecular flexibility index (Phi) is 4.97. The van der Waals surface area contributed by atoms with Crippen molar-refractivity contribution in [1.29, 1.82) is 0 Å². The number of halogens is 1. The van der Waals surface area contributed by atoms with Crippen LogP contribution in [0.3, 0.4) is 0 Å². The Morgan fingerprint density at radius 1 is 1.19 bits per heavy atom. The zero-order chi connectivity index (χ0) is 18.8. The normalized spacial score (nSPS) is 16.0. The molecule has 0 saturated carbocycles. The van der Waals surface area contributed by atoms with Crippen molar-refractivity contribution < 1.29 is 9.53 Å². The van der Waals surface area contributed by atoms with Crippen LogP contribution in [0.4, 0.5) is 0 Å². The molecule has 6 heteroatoms. The van der Waals surface area contributed by atoms with E-state index >= 15 is 0 Å². The van der Waals surface area contributed by atoms with Crippen LogP contribution in [0.15, 0.2) is 54.6 Å². The molecule has 3 aromatic rings. The number of aromatic nitrogens is 2. The standard InChI is InChI=1S/C21H20ClN3O2/c1-27-12-6-11-25-20(15-9-5-10-16(22)13-15)17-18(14-7-3-2-4-8-14)23-24-19(17)21(25)26/h2-5,7-10,13,20H,6,11-12H2,1H3,(H,23,24). The SMILES string of the molecule is COCCCN1C(=O)c2[nH]nc(-c3ccccc3)c2C1c1cccc(Cl)c1. The fourth-order valence-electron chi connectivity index (χ4n) is 3.65. The van der Waals surface area contributed by atoms with E-state index in [0.717, 1.165) is 28.8 Å². The number of fused-ring (bicyclic) bond motifs is 1. The largest absolute Gasteiger partial charge is 0.385 e. The van der Waals surface area contributed by atoms with Crippen molar-refractivity contribution >= 4 is 17.5 Å². The highest BCUT2D eigenvalue weighted by Gasteiger charge is 2.41. The Morgan fingerprint density at radius 2 is 2.00 bits per heavy atom. The quantitative estimate of drug-likeness (QED) is 0.647. The van der Waals surface area contributed by atoms with Crippen LogP contribution in [0, 0.1) is 0 Å². The number of H-pyrrole nitrogens is 1. The third-order valence-electron chi connectivity index (χ3n) is 4.82. The first-order valence-electron chi connectivity index (χ1n) is 8.89. The molecule has 1 aliphatic heterocycles. The third-order valence-corrected chi connectivity index (χ3v) is 5.06. The molecule has 4 rings (SSSR count). The van der Waals surface area contributed by atoms with Crippen molar-refractivity contribution in [1.82, 2.24) is 15.1 Å². The molecule has 0 spiro atoms. The summed E-state index contributed by atoms with van der Waals surface area (Å²) in [6.45, 7) is 1.20. The second kappa shape index (κ2) is 7.55. The Morgan fingerprint density at radius 3 is 2.74 bits per heavy atom. The third kappa shape index (κ3) is 3.24. The predicted octanol–water partition coefficient (Wildman–Crippen LogP) is 4.31. The number of methoxy groups -OCH3 is 1. The molecule has 2 heterocycles. The van der Waals surface area contributed by atoms with Gasteiger partial charge in [-0.1, -0.05) is 54.1 Å². The van der Waals surface area contributed by atoms with Gasteiger partial charge in [0.2, 0.25) is 0 Å². The fraction of sp³-hybridized carbons (Fsp3) is 0.238. The van der Waals surface area contributed by atoms with Gasteiger partial charge in [-0.25, -0.2) is 0 Å². The summed E-state index contributed by atoms with van der Waals surface area (Å²) in [6.07, 6.45) is 0.762. The minimum Gasteiger partial charge on any atom is -0.385 e. The van der Waals surface area contributed by atoms with Gasteiger partial charge < -0.3 is 9.64 Å². The maximum absolute atomic E-state index is 13.1. The molecule has 1 aliphatic rings. The maximum Gasteiger partial charge on any atom is 0.273 e. The Bertz CT molecular complexity index is 955. The van der Waals surface area contributed by atoms with Gasteiger partial charge in [0.1, 0.15) is 5.69 Å². The number of carbonyl (C=O) groups excluding carboxylic acids is 1. The fourth-order valence-corrected chi connectivity index (χ4v) is 3.84. The lowest BCUT2D eigenvalue weighted by Crippen LogP contribution is -2.31. The molecule has 0 aliphatic carbocycles. The molecule has 2 aromatic carbocycles. The lowest BCUT2D eigenvalue weighted by Gasteiger charge is -2.26. The molecule has 0 radical (unpaired) electrons. The molecule has 1 amide bonds. The average Bonchev–Trinajstić information content (AvgIpc) is 3.22. The Hall–Kier alpha value is -2.63. The highest BCUT2D eigenvalue weighted by atomic mass is 35.5. The van der Waals surface area contributed by atoms with Gasteiger partial charge in [0.25, 0.3) is 5.91 Å². The maximum atomic E-state index is 13.1. The van der Waals surface area contributed by atoms with Crippen LogP contribution in [0.2, 0.25) is 5.02 Å². The zero-order valence-corrected chi connectivity index (χ0v) is 15.7. The molecule has 1 atom stereocenters. The molecule has 5 nitrogen and oxygen atoms in total. The molecule has 0 saturated heterocycles. The lowest BCUT2D eigenvalue weighted by atomic mass is 9.96. The van der Waals surface area contributed by atoms with Crippen LogP contribution < -0.4 is 0 Å². The van der Waals surface area contributed by atoms with E-state index in [0.29, 0.717) is 23.9 Å². The lowest BCUT2D eigenvalue weighted by molar-refractivity contribution is 0.0723. The summed E-state index contributed by atoms with van der Waals surface area (Å²) in [6, 6.07) is 17.4. The van der Waals surface area contributed by atoms with E-state index < -0.39 is 0 Å². The Balaban J connectivity index is 1.82. The van der Waals surface area contributed by atoms with Crippen LogP contribution in [0.1, 0.15) is 34.1 Å². The van der Waals surface area contributed by atoms with Crippen LogP contribution in [-0.2, 0) is 4.74 Å². The number of rotatable bonds is 6. The number of hydrogen-bond donors (Lipinski definition) is 1. The van der Waals surface area contributed by atoms with E-state index in [4.69, 9.17) is 16.3 Å². The van der Waals surface area contributed by atoms with Crippen molar-refractivity contribution in [3.05, 3.63) is 76.4 Å². The number of nitrogens with one attached hydrogen (secondary N) is 1. The minimum absolute atomic E-state index is 0.0410. The number of amides is 1. The summed E-state index contributed by atoms with van der Waals surface area (Å²) in [5.74, 6) is -0.0410. The van der Waals surface area contributed by atoms with Gasteiger partial charge in [-0.05, 0) is 24.1 Å². The van der Waals surface area contributed by atoms with Gasteiger partial charge in [-0.2, -0.15) is 5.10 Å². The first-order valence-corrected chi connectivity index (χ1v) is 9.27. The second-order valence-electron chi connectivity index (χ2n) is 6.53. The van der Waals surface area contributed by atoms with E-state index in [1.807, 2.05) is 59.5 Å². The molecule has 1 N–H and O–H groups in total. The van der Waals surface area contributed by atoms with E-state index in [-0.39, 0.29) is 11.9 Å². The number of nitrogens with zero attached hydrogens (tertiary/aromatic N) is 2. The van der Waals surface area contributed by atoms with E-state index in [1.54, 1.807) is 7.11 Å². The summed E-state index contributed by atoms with van der Waals surface area (Å²) in [5.41, 5.74) is 4.22. The first kappa shape index (κ1) is 17.8. The van der Waals surface area contributed by atoms with Crippen LogP contribution in [0.5, 0.6) is 0 Å². The molecular weight excluding hydrogens is 362 g/mol. The molecule has 27 heavy (non-hydrogen) atoms. The van der Waals surface area contributed by atoms with Crippen molar-refractivity contribution in [2.75, 3.05) is 20.3 Å². The highest BCUT2D eigenvalue weighted by Crippen LogP contribution is 2.43. The van der Waals surface area contributed by atoms with Gasteiger partial charge in [0.15, 0.2) is 0 Å². The van der Waals surface area contributed by atoms with Crippen LogP contribution in [0.25, 0.3) is 11.3 Å². The molecule has 1 aromatic heterocycles. The summed E-state index contributed by atoms with van der Waals surface area (Å²) < 4.78 is 5.17. The van der Waals surface area contributed by atoms with Crippen molar-refractivity contribution in [2.45, 2.75) is 12.5 Å². The number of aromatic amines is 1. The summed E-state index contributed by atoms with van der Waals surface area (Å²) in [5, 5.41) is 8.07. The van der Waals surface area contributed by atoms with Crippen molar-refractivity contribution in [3.8, 4) is 11.3 Å². The topological polar surface area (TPSA) is 58.2 Å². The number of benzene rings is 2. The average molecular weight is 382 g/mol. The molecule has 1 unspecified atom stereocenters. The van der Waals surface area contributed by atoms with Gasteiger partial charge in [0.05, 0.1) is 11.7 Å². The minimum atomic E-state index is -0.225. The number of carbonyl (C=O) groups is 1. The van der Waals surface area contributed by atoms with E-state index in [9.17, 15) is 4.79 Å². The highest BCUT2D eigenvalue weighted by molar-refractivity contribution is 6.30. The number of ether oxygens (including phenoxy) is 1. The predicted molar refractivity (Wildman–Crippen MR) is 105 cm³/mol. The second-order valence-corrected chi connectivity index (χ2v) is 6.97. The molecule has 0 bridgehead atoms. The van der Waals surface area contributed by atoms with Gasteiger partial charge in [-0.3, -0.25) is 9.89 Å². The number of hydrogen-bond acceptors (Lipinski definition) is 3. The van der Waals surface area contributed by atoms with Crippen LogP contribution >= 0.6 is 11.6 Å². The van der Waals surface area contributed by atoms with E-state index in [1.165, 1.54) is 0 Å². The molecular formula is C21H20ClN3O2. The van der Waals surface area contributed by atoms with Crippen molar-refractivity contribution in [3.63, 3.8) is 0 Å². The van der Waals surface area contributed by atoms with Gasteiger partial charge >= 0.3 is 0 Å². The molecule has 0 fully saturated rings. The van der Waals surface area contributed by atoms with Gasteiger partial charge in [-0.15, -0.1) is 0 Å². The summed E-state index contributed by atoms with van der Waals surface area (Å²) >= 11 is 6.25. The van der Waals surface area contributed by atoms with Gasteiger partial charge in [0, 0.05) is 36.4 Å². The summed E-state index contributed by atoms with van der Waals surface area (Å²) in [7, 11) is 1.67. The smallest absolute Gasteiger partial charge is 0.273 e. The molecule has 138 valence electrons. The van der Waals surface area contributed by atoms with E-state index in [2.05, 4.69) is 10.2 Å². The van der Waals surface area contributed by atoms with Crippen molar-refractivity contribution in [2.24, 2.45) is 0 Å². The monoisotopic (exact) mass is 381 g/mol. The Labute approximate surface area is 162 Å².